The number of amides is 1. The molecular formula is C21H16ClFN4O3S2. The zero-order valence-electron chi connectivity index (χ0n) is 16.6. The third-order valence-corrected chi connectivity index (χ3v) is 6.85. The third-order valence-electron chi connectivity index (χ3n) is 4.67. The summed E-state index contributed by atoms with van der Waals surface area (Å²) in [6.07, 6.45) is 0. The van der Waals surface area contributed by atoms with Gasteiger partial charge in [0, 0.05) is 18.6 Å². The van der Waals surface area contributed by atoms with E-state index in [0.717, 1.165) is 17.3 Å². The van der Waals surface area contributed by atoms with Crippen molar-refractivity contribution in [2.75, 3.05) is 11.8 Å². The second-order valence-electron chi connectivity index (χ2n) is 6.97. The van der Waals surface area contributed by atoms with E-state index in [4.69, 9.17) is 11.6 Å². The monoisotopic (exact) mass is 490 g/mol. The van der Waals surface area contributed by atoms with E-state index in [1.54, 1.807) is 31.3 Å². The van der Waals surface area contributed by atoms with Crippen LogP contribution in [-0.4, -0.2) is 35.0 Å². The van der Waals surface area contributed by atoms with Gasteiger partial charge in [0.05, 0.1) is 23.0 Å². The third kappa shape index (κ3) is 4.57. The van der Waals surface area contributed by atoms with Gasteiger partial charge in [-0.2, -0.15) is 8.75 Å². The normalized spacial score (nSPS) is 11.5. The zero-order valence-corrected chi connectivity index (χ0v) is 19.0. The van der Waals surface area contributed by atoms with E-state index in [0.29, 0.717) is 5.52 Å². The molecule has 32 heavy (non-hydrogen) atoms. The lowest BCUT2D eigenvalue weighted by Gasteiger charge is -2.20. The van der Waals surface area contributed by atoms with Crippen LogP contribution in [0.15, 0.2) is 65.6 Å². The average Bonchev–Trinajstić information content (AvgIpc) is 3.23. The minimum absolute atomic E-state index is 0.0358. The van der Waals surface area contributed by atoms with Crippen molar-refractivity contribution in [1.29, 1.82) is 0 Å². The number of benzene rings is 3. The summed E-state index contributed by atoms with van der Waals surface area (Å²) < 4.78 is 50.0. The quantitative estimate of drug-likeness (QED) is 0.428. The number of carbonyl (C=O) groups excluding carboxylic acids is 1. The van der Waals surface area contributed by atoms with Gasteiger partial charge in [0.1, 0.15) is 21.7 Å². The molecule has 0 aliphatic rings. The smallest absolute Gasteiger partial charge is 0.264 e. The summed E-state index contributed by atoms with van der Waals surface area (Å²) in [5, 5.41) is 0.258. The lowest BCUT2D eigenvalue weighted by molar-refractivity contribution is 0.0786. The van der Waals surface area contributed by atoms with Crippen molar-refractivity contribution in [2.24, 2.45) is 0 Å². The molecule has 4 aromatic rings. The van der Waals surface area contributed by atoms with Gasteiger partial charge in [-0.25, -0.2) is 12.8 Å². The van der Waals surface area contributed by atoms with Gasteiger partial charge < -0.3 is 4.90 Å². The first kappa shape index (κ1) is 22.1. The molecule has 1 heterocycles. The van der Waals surface area contributed by atoms with Crippen LogP contribution in [0.3, 0.4) is 0 Å². The van der Waals surface area contributed by atoms with Crippen LogP contribution in [0.5, 0.6) is 0 Å². The van der Waals surface area contributed by atoms with Crippen LogP contribution in [-0.2, 0) is 16.6 Å². The van der Waals surface area contributed by atoms with Gasteiger partial charge in [-0.3, -0.25) is 9.52 Å². The number of anilines is 1. The number of carbonyl (C=O) groups is 1. The molecule has 0 radical (unpaired) electrons. The summed E-state index contributed by atoms with van der Waals surface area (Å²) in [4.78, 5) is 14.4. The fourth-order valence-corrected chi connectivity index (χ4v) is 5.14. The number of sulfonamides is 1. The molecule has 4 rings (SSSR count). The largest absolute Gasteiger partial charge is 0.337 e. The molecule has 1 N–H and O–H groups in total. The number of rotatable bonds is 6. The Kier molecular flexibility index (Phi) is 6.09. The van der Waals surface area contributed by atoms with Gasteiger partial charge in [-0.1, -0.05) is 29.8 Å². The first-order chi connectivity index (χ1) is 15.2. The number of hydrogen-bond donors (Lipinski definition) is 1. The molecule has 0 aliphatic heterocycles. The molecule has 1 amide bonds. The summed E-state index contributed by atoms with van der Waals surface area (Å²) in [6, 6.07) is 14.7. The SMILES string of the molecule is CN(Cc1ccc(F)cc1)C(=O)c1ccc(Cl)cc1NS(=O)(=O)c1cccc2nsnc12. The predicted molar refractivity (Wildman–Crippen MR) is 122 cm³/mol. The predicted octanol–water partition coefficient (Wildman–Crippen LogP) is 4.56. The van der Waals surface area contributed by atoms with E-state index in [1.165, 1.54) is 41.3 Å². The van der Waals surface area contributed by atoms with E-state index >= 15 is 0 Å². The van der Waals surface area contributed by atoms with Crippen molar-refractivity contribution in [3.63, 3.8) is 0 Å². The van der Waals surface area contributed by atoms with Crippen molar-refractivity contribution >= 4 is 56.0 Å². The molecule has 3 aromatic carbocycles. The highest BCUT2D eigenvalue weighted by atomic mass is 35.5. The number of hydrogen-bond acceptors (Lipinski definition) is 6. The first-order valence-electron chi connectivity index (χ1n) is 9.28. The molecule has 1 aromatic heterocycles. The summed E-state index contributed by atoms with van der Waals surface area (Å²) in [5.41, 5.74) is 1.58. The fraction of sp³-hybridized carbons (Fsp3) is 0.0952. The zero-order chi connectivity index (χ0) is 22.9. The Morgan fingerprint density at radius 3 is 2.62 bits per heavy atom. The van der Waals surface area contributed by atoms with Gasteiger partial charge in [-0.15, -0.1) is 0 Å². The van der Waals surface area contributed by atoms with Gasteiger partial charge in [0.15, 0.2) is 0 Å². The Bertz CT molecular complexity index is 1410. The van der Waals surface area contributed by atoms with Crippen molar-refractivity contribution in [1.82, 2.24) is 13.6 Å². The van der Waals surface area contributed by atoms with Gasteiger partial charge in [0.25, 0.3) is 15.9 Å². The fourth-order valence-electron chi connectivity index (χ4n) is 3.13. The van der Waals surface area contributed by atoms with Crippen LogP contribution in [0.1, 0.15) is 15.9 Å². The number of fused-ring (bicyclic) bond motifs is 1. The summed E-state index contributed by atoms with van der Waals surface area (Å²) in [5.74, 6) is -0.806. The molecule has 0 aliphatic carbocycles. The topological polar surface area (TPSA) is 92.3 Å². The van der Waals surface area contributed by atoms with Crippen molar-refractivity contribution in [3.05, 3.63) is 82.6 Å². The van der Waals surface area contributed by atoms with Crippen LogP contribution in [0.4, 0.5) is 10.1 Å². The lowest BCUT2D eigenvalue weighted by Crippen LogP contribution is -2.27. The van der Waals surface area contributed by atoms with Crippen LogP contribution in [0.2, 0.25) is 5.02 Å². The van der Waals surface area contributed by atoms with Crippen LogP contribution in [0, 0.1) is 5.82 Å². The molecule has 0 saturated heterocycles. The Morgan fingerprint density at radius 1 is 1.12 bits per heavy atom. The van der Waals surface area contributed by atoms with Crippen LogP contribution < -0.4 is 4.72 Å². The number of nitrogens with one attached hydrogen (secondary N) is 1. The Morgan fingerprint density at radius 2 is 1.88 bits per heavy atom. The minimum Gasteiger partial charge on any atom is -0.337 e. The van der Waals surface area contributed by atoms with E-state index in [-0.39, 0.29) is 39.0 Å². The molecule has 0 saturated carbocycles. The maximum absolute atomic E-state index is 13.1. The van der Waals surface area contributed by atoms with Crippen molar-refractivity contribution in [3.8, 4) is 0 Å². The number of nitrogens with zero attached hydrogens (tertiary/aromatic N) is 3. The molecule has 7 nitrogen and oxygen atoms in total. The second kappa shape index (κ2) is 8.81. The second-order valence-corrected chi connectivity index (χ2v) is 9.59. The molecule has 11 heteroatoms. The minimum atomic E-state index is -4.09. The van der Waals surface area contributed by atoms with E-state index in [9.17, 15) is 17.6 Å². The van der Waals surface area contributed by atoms with Crippen LogP contribution in [0.25, 0.3) is 11.0 Å². The average molecular weight is 491 g/mol. The van der Waals surface area contributed by atoms with Crippen molar-refractivity contribution < 1.29 is 17.6 Å². The molecule has 0 spiro atoms. The summed E-state index contributed by atoms with van der Waals surface area (Å²) >= 11 is 6.99. The van der Waals surface area contributed by atoms with Gasteiger partial charge >= 0.3 is 0 Å². The summed E-state index contributed by atoms with van der Waals surface area (Å²) in [6.45, 7) is 0.206. The summed E-state index contributed by atoms with van der Waals surface area (Å²) in [7, 11) is -2.52. The maximum atomic E-state index is 13.1. The first-order valence-corrected chi connectivity index (χ1v) is 11.9. The molecule has 0 unspecified atom stereocenters. The van der Waals surface area contributed by atoms with Crippen LogP contribution >= 0.6 is 23.3 Å². The van der Waals surface area contributed by atoms with Gasteiger partial charge in [0.2, 0.25) is 0 Å². The highest BCUT2D eigenvalue weighted by molar-refractivity contribution is 7.93. The molecule has 164 valence electrons. The highest BCUT2D eigenvalue weighted by Gasteiger charge is 2.24. The lowest BCUT2D eigenvalue weighted by atomic mass is 10.1. The van der Waals surface area contributed by atoms with Crippen molar-refractivity contribution in [2.45, 2.75) is 11.4 Å². The number of halogens is 2. The molecule has 0 bridgehead atoms. The molecular weight excluding hydrogens is 475 g/mol. The van der Waals surface area contributed by atoms with E-state index < -0.39 is 15.9 Å². The standard InChI is InChI=1S/C21H16ClFN4O3S2/c1-27(12-13-5-8-15(23)9-6-13)21(28)16-10-7-14(22)11-18(16)26-32(29,30)19-4-2-3-17-20(19)25-31-24-17/h2-11,26H,12H2,1H3. The van der Waals surface area contributed by atoms with E-state index in [1.807, 2.05) is 0 Å². The number of aromatic nitrogens is 2. The Labute approximate surface area is 192 Å². The van der Waals surface area contributed by atoms with E-state index in [2.05, 4.69) is 13.5 Å². The Balaban J connectivity index is 1.65. The Hall–Kier alpha value is -3.08. The molecule has 0 fully saturated rings. The molecule has 0 atom stereocenters. The highest BCUT2D eigenvalue weighted by Crippen LogP contribution is 2.28. The maximum Gasteiger partial charge on any atom is 0.264 e. The van der Waals surface area contributed by atoms with Gasteiger partial charge in [-0.05, 0) is 48.0 Å².